The van der Waals surface area contributed by atoms with E-state index in [1.165, 1.54) is 109 Å². The molecule has 69 heavy (non-hydrogen) atoms. The third-order valence-corrected chi connectivity index (χ3v) is 15.9. The molecule has 2 aliphatic rings. The zero-order valence-corrected chi connectivity index (χ0v) is 38.5. The minimum atomic E-state index is -0.442. The highest BCUT2D eigenvalue weighted by atomic mass is 32.1. The van der Waals surface area contributed by atoms with E-state index in [1.807, 2.05) is 11.3 Å². The molecule has 14 rings (SSSR count). The second-order valence-corrected chi connectivity index (χ2v) is 19.4. The van der Waals surface area contributed by atoms with E-state index in [0.29, 0.717) is 0 Å². The molecule has 0 amide bonds. The average Bonchev–Trinajstić information content (AvgIpc) is 4.06. The lowest BCUT2D eigenvalue weighted by Gasteiger charge is -2.32. The summed E-state index contributed by atoms with van der Waals surface area (Å²) >= 11 is 1.89. The van der Waals surface area contributed by atoms with Gasteiger partial charge in [0.2, 0.25) is 0 Å². The van der Waals surface area contributed by atoms with Crippen LogP contribution in [-0.2, 0) is 5.41 Å². The second kappa shape index (κ2) is 15.8. The predicted octanol–water partition coefficient (Wildman–Crippen LogP) is 18.5. The van der Waals surface area contributed by atoms with E-state index in [2.05, 4.69) is 266 Å². The first-order valence-corrected chi connectivity index (χ1v) is 24.6. The van der Waals surface area contributed by atoms with Gasteiger partial charge in [-0.1, -0.05) is 218 Å². The van der Waals surface area contributed by atoms with Crippen molar-refractivity contribution in [1.82, 2.24) is 0 Å². The molecule has 1 spiro atoms. The zero-order chi connectivity index (χ0) is 45.5. The van der Waals surface area contributed by atoms with Gasteiger partial charge in [0.15, 0.2) is 0 Å². The van der Waals surface area contributed by atoms with Crippen LogP contribution in [0.2, 0.25) is 0 Å². The normalized spacial score (nSPS) is 12.8. The van der Waals surface area contributed by atoms with Crippen LogP contribution in [-0.4, -0.2) is 0 Å². The number of benzene rings is 11. The Kier molecular flexibility index (Phi) is 9.05. The van der Waals surface area contributed by atoms with Gasteiger partial charge in [-0.3, -0.25) is 0 Å². The molecule has 11 aromatic carbocycles. The van der Waals surface area contributed by atoms with Crippen molar-refractivity contribution in [1.29, 1.82) is 0 Å². The van der Waals surface area contributed by atoms with Gasteiger partial charge in [-0.2, -0.15) is 0 Å². The van der Waals surface area contributed by atoms with Crippen molar-refractivity contribution in [2.24, 2.45) is 0 Å². The molecule has 2 aliphatic carbocycles. The maximum absolute atomic E-state index is 2.49. The largest absolute Gasteiger partial charge is 0.310 e. The lowest BCUT2D eigenvalue weighted by Crippen LogP contribution is -2.26. The summed E-state index contributed by atoms with van der Waals surface area (Å²) in [6, 6.07) is 96.7. The van der Waals surface area contributed by atoms with Crippen LogP contribution in [0.25, 0.3) is 86.9 Å². The molecule has 12 aromatic rings. The summed E-state index contributed by atoms with van der Waals surface area (Å²) in [6.07, 6.45) is 0. The number of thiophene rings is 1. The van der Waals surface area contributed by atoms with Gasteiger partial charge < -0.3 is 4.90 Å². The molecule has 0 radical (unpaired) electrons. The number of nitrogens with zero attached hydrogens (tertiary/aromatic N) is 1. The van der Waals surface area contributed by atoms with E-state index in [-0.39, 0.29) is 0 Å². The Bertz CT molecular complexity index is 3860. The molecule has 322 valence electrons. The zero-order valence-electron chi connectivity index (χ0n) is 37.7. The molecule has 0 bridgehead atoms. The molecule has 1 nitrogen and oxygen atoms in total. The van der Waals surface area contributed by atoms with Crippen molar-refractivity contribution in [3.05, 3.63) is 283 Å². The fourth-order valence-corrected chi connectivity index (χ4v) is 12.9. The minimum Gasteiger partial charge on any atom is -0.310 e. The van der Waals surface area contributed by atoms with Crippen molar-refractivity contribution in [2.45, 2.75) is 5.41 Å². The van der Waals surface area contributed by atoms with E-state index in [0.717, 1.165) is 17.1 Å². The van der Waals surface area contributed by atoms with Gasteiger partial charge in [0.05, 0.1) is 5.41 Å². The van der Waals surface area contributed by atoms with Gasteiger partial charge in [0, 0.05) is 42.8 Å². The molecule has 0 saturated heterocycles. The average molecular weight is 894 g/mol. The quantitative estimate of drug-likeness (QED) is 0.154. The predicted molar refractivity (Wildman–Crippen MR) is 292 cm³/mol. The SMILES string of the molecule is c1ccc(-c2ccc(-c3c(-c4ccc(N(c5ccc(-c6ccccc6)cc5)c5ccc6c(c5)C5(c7ccccc7-c7ccccc75)c5ccccc5-6)cc4)ccc4c3sc3ccccc34)cc2)cc1. The van der Waals surface area contributed by atoms with Crippen LogP contribution in [0, 0.1) is 0 Å². The first kappa shape index (κ1) is 39.6. The number of hydrogen-bond donors (Lipinski definition) is 0. The molecule has 0 unspecified atom stereocenters. The topological polar surface area (TPSA) is 3.24 Å². The molecule has 0 N–H and O–H groups in total. The number of anilines is 3. The summed E-state index contributed by atoms with van der Waals surface area (Å²) in [5.41, 5.74) is 23.2. The van der Waals surface area contributed by atoms with Crippen molar-refractivity contribution in [3.63, 3.8) is 0 Å². The van der Waals surface area contributed by atoms with Crippen LogP contribution in [0.3, 0.4) is 0 Å². The van der Waals surface area contributed by atoms with Crippen molar-refractivity contribution >= 4 is 48.6 Å². The molecule has 0 aliphatic heterocycles. The Morgan fingerprint density at radius 3 is 1.28 bits per heavy atom. The molecule has 1 aromatic heterocycles. The summed E-state index contributed by atoms with van der Waals surface area (Å²) in [5.74, 6) is 0. The molecule has 0 saturated carbocycles. The fourth-order valence-electron chi connectivity index (χ4n) is 11.7. The third-order valence-electron chi connectivity index (χ3n) is 14.7. The first-order valence-electron chi connectivity index (χ1n) is 23.8. The number of fused-ring (bicyclic) bond motifs is 13. The van der Waals surface area contributed by atoms with Gasteiger partial charge in [0.1, 0.15) is 0 Å². The lowest BCUT2D eigenvalue weighted by molar-refractivity contribution is 0.793. The second-order valence-electron chi connectivity index (χ2n) is 18.3. The summed E-state index contributed by atoms with van der Waals surface area (Å²) in [6.45, 7) is 0. The van der Waals surface area contributed by atoms with Gasteiger partial charge in [0.25, 0.3) is 0 Å². The van der Waals surface area contributed by atoms with Crippen LogP contribution in [0.15, 0.2) is 261 Å². The van der Waals surface area contributed by atoms with E-state index in [9.17, 15) is 0 Å². The Morgan fingerprint density at radius 2 is 0.696 bits per heavy atom. The monoisotopic (exact) mass is 893 g/mol. The van der Waals surface area contributed by atoms with Crippen LogP contribution >= 0.6 is 11.3 Å². The van der Waals surface area contributed by atoms with E-state index in [1.54, 1.807) is 0 Å². The Balaban J connectivity index is 0.938. The summed E-state index contributed by atoms with van der Waals surface area (Å²) in [7, 11) is 0. The maximum atomic E-state index is 2.49. The highest BCUT2D eigenvalue weighted by Crippen LogP contribution is 2.63. The Labute approximate surface area is 406 Å². The first-order chi connectivity index (χ1) is 34.2. The number of rotatable bonds is 7. The standard InChI is InChI=1S/C67H43NS/c1-3-15-44(16-4-1)46-27-29-49(30-28-46)65-53(41-42-59-58-22-10-14-26-64(58)69-66(59)65)48-33-37-51(38-34-48)68(50-35-31-47(32-36-50)45-17-5-2-6-18-45)52-39-40-57-56-21-9-13-25-62(56)67(63(57)43-52)60-23-11-7-19-54(60)55-20-8-12-24-61(55)67/h1-43H. The van der Waals surface area contributed by atoms with Crippen molar-refractivity contribution in [3.8, 4) is 66.8 Å². The Morgan fingerprint density at radius 1 is 0.275 bits per heavy atom. The van der Waals surface area contributed by atoms with Crippen molar-refractivity contribution < 1.29 is 0 Å². The summed E-state index contributed by atoms with van der Waals surface area (Å²) in [5, 5.41) is 2.60. The van der Waals surface area contributed by atoms with Gasteiger partial charge in [-0.25, -0.2) is 0 Å². The number of hydrogen-bond acceptors (Lipinski definition) is 2. The summed E-state index contributed by atoms with van der Waals surface area (Å²) < 4.78 is 2.62. The van der Waals surface area contributed by atoms with Crippen LogP contribution in [0.4, 0.5) is 17.1 Å². The maximum Gasteiger partial charge on any atom is 0.0726 e. The molecular formula is C67H43NS. The van der Waals surface area contributed by atoms with Gasteiger partial charge in [-0.15, -0.1) is 11.3 Å². The van der Waals surface area contributed by atoms with Gasteiger partial charge in [-0.05, 0) is 126 Å². The fraction of sp³-hybridized carbons (Fsp3) is 0.0149. The molecular weight excluding hydrogens is 851 g/mol. The van der Waals surface area contributed by atoms with E-state index < -0.39 is 5.41 Å². The van der Waals surface area contributed by atoms with Crippen LogP contribution in [0.5, 0.6) is 0 Å². The van der Waals surface area contributed by atoms with Crippen LogP contribution < -0.4 is 4.90 Å². The summed E-state index contributed by atoms with van der Waals surface area (Å²) in [4.78, 5) is 2.45. The molecule has 1 heterocycles. The van der Waals surface area contributed by atoms with Crippen molar-refractivity contribution in [2.75, 3.05) is 4.90 Å². The minimum absolute atomic E-state index is 0.442. The highest BCUT2D eigenvalue weighted by molar-refractivity contribution is 7.26. The third kappa shape index (κ3) is 6.09. The molecule has 0 fully saturated rings. The highest BCUT2D eigenvalue weighted by Gasteiger charge is 2.51. The van der Waals surface area contributed by atoms with Gasteiger partial charge >= 0.3 is 0 Å². The van der Waals surface area contributed by atoms with E-state index in [4.69, 9.17) is 0 Å². The molecule has 0 atom stereocenters. The van der Waals surface area contributed by atoms with Crippen LogP contribution in [0.1, 0.15) is 22.3 Å². The Hall–Kier alpha value is -8.56. The van der Waals surface area contributed by atoms with E-state index >= 15 is 0 Å². The lowest BCUT2D eigenvalue weighted by atomic mass is 9.70. The molecule has 2 heteroatoms. The smallest absolute Gasteiger partial charge is 0.0726 e.